The first-order valence-electron chi connectivity index (χ1n) is 8.30. The molecule has 0 amide bonds. The molecule has 7 heteroatoms. The zero-order chi connectivity index (χ0) is 18.7. The van der Waals surface area contributed by atoms with Gasteiger partial charge in [-0.3, -0.25) is 0 Å². The maximum absolute atomic E-state index is 12.2. The van der Waals surface area contributed by atoms with Crippen molar-refractivity contribution in [2.75, 3.05) is 25.7 Å². The van der Waals surface area contributed by atoms with Crippen LogP contribution in [0.1, 0.15) is 27.7 Å². The number of esters is 1. The minimum absolute atomic E-state index is 0.309. The highest BCUT2D eigenvalue weighted by atomic mass is 32.1. The average Bonchev–Trinajstić information content (AvgIpc) is 2.99. The first-order chi connectivity index (χ1) is 12.5. The van der Waals surface area contributed by atoms with E-state index in [0.717, 1.165) is 32.9 Å². The Hall–Kier alpha value is -2.67. The predicted octanol–water partition coefficient (Wildman–Crippen LogP) is 3.82. The Labute approximate surface area is 156 Å². The van der Waals surface area contributed by atoms with E-state index in [-0.39, 0.29) is 5.97 Å². The summed E-state index contributed by atoms with van der Waals surface area (Å²) in [6.45, 7) is 4.75. The quantitative estimate of drug-likeness (QED) is 0.614. The summed E-state index contributed by atoms with van der Waals surface area (Å²) < 4.78 is 10.4. The van der Waals surface area contributed by atoms with Gasteiger partial charge >= 0.3 is 5.97 Å². The SMILES string of the molecule is CCOC(=O)c1sc2ncnc(N(C)Cc3ccc(OC)cc3)c2c1C. The number of anilines is 1. The molecule has 6 nitrogen and oxygen atoms in total. The zero-order valence-electron chi connectivity index (χ0n) is 15.3. The maximum atomic E-state index is 12.2. The Kier molecular flexibility index (Phi) is 5.37. The lowest BCUT2D eigenvalue weighted by Gasteiger charge is -2.19. The van der Waals surface area contributed by atoms with E-state index in [1.54, 1.807) is 14.0 Å². The van der Waals surface area contributed by atoms with Gasteiger partial charge in [-0.05, 0) is 37.1 Å². The Bertz CT molecular complexity index is 922. The molecule has 0 saturated heterocycles. The molecule has 1 aromatic carbocycles. The van der Waals surface area contributed by atoms with Crippen LogP contribution in [0.5, 0.6) is 5.75 Å². The molecule has 3 rings (SSSR count). The number of thiophene rings is 1. The molecule has 2 heterocycles. The summed E-state index contributed by atoms with van der Waals surface area (Å²) in [5.41, 5.74) is 2.00. The number of aryl methyl sites for hydroxylation is 1. The maximum Gasteiger partial charge on any atom is 0.348 e. The molecule has 0 aliphatic rings. The number of rotatable bonds is 6. The van der Waals surface area contributed by atoms with Gasteiger partial charge in [-0.25, -0.2) is 14.8 Å². The van der Waals surface area contributed by atoms with Crippen LogP contribution in [0.3, 0.4) is 0 Å². The van der Waals surface area contributed by atoms with E-state index in [9.17, 15) is 4.79 Å². The molecule has 0 unspecified atom stereocenters. The molecule has 0 atom stereocenters. The molecule has 0 aliphatic carbocycles. The molecule has 2 aromatic heterocycles. The number of methoxy groups -OCH3 is 1. The summed E-state index contributed by atoms with van der Waals surface area (Å²) in [5.74, 6) is 1.32. The minimum Gasteiger partial charge on any atom is -0.497 e. The van der Waals surface area contributed by atoms with Gasteiger partial charge in [0.1, 0.15) is 27.6 Å². The highest BCUT2D eigenvalue weighted by Gasteiger charge is 2.21. The molecule has 0 aliphatic heterocycles. The van der Waals surface area contributed by atoms with Crippen molar-refractivity contribution in [2.45, 2.75) is 20.4 Å². The number of carbonyl (C=O) groups is 1. The number of hydrogen-bond acceptors (Lipinski definition) is 7. The normalized spacial score (nSPS) is 10.8. The largest absolute Gasteiger partial charge is 0.497 e. The van der Waals surface area contributed by atoms with Gasteiger partial charge in [0.05, 0.1) is 19.1 Å². The second-order valence-electron chi connectivity index (χ2n) is 5.86. The standard InChI is InChI=1S/C19H21N3O3S/c1-5-25-19(23)16-12(2)15-17(20-11-21-18(15)26-16)22(3)10-13-6-8-14(24-4)9-7-13/h6-9,11H,5,10H2,1-4H3. The van der Waals surface area contributed by atoms with Crippen LogP contribution >= 0.6 is 11.3 Å². The van der Waals surface area contributed by atoms with Crippen LogP contribution in [0.25, 0.3) is 10.2 Å². The van der Waals surface area contributed by atoms with Gasteiger partial charge in [0, 0.05) is 13.6 Å². The number of ether oxygens (including phenoxy) is 2. The van der Waals surface area contributed by atoms with Gasteiger partial charge in [0.25, 0.3) is 0 Å². The van der Waals surface area contributed by atoms with Crippen molar-refractivity contribution >= 4 is 33.3 Å². The van der Waals surface area contributed by atoms with Gasteiger partial charge in [-0.1, -0.05) is 12.1 Å². The zero-order valence-corrected chi connectivity index (χ0v) is 16.1. The predicted molar refractivity (Wildman–Crippen MR) is 103 cm³/mol. The summed E-state index contributed by atoms with van der Waals surface area (Å²) in [7, 11) is 3.63. The first-order valence-corrected chi connectivity index (χ1v) is 9.12. The van der Waals surface area contributed by atoms with Gasteiger partial charge in [0.15, 0.2) is 0 Å². The Morgan fingerprint density at radius 1 is 1.23 bits per heavy atom. The molecule has 0 N–H and O–H groups in total. The van der Waals surface area contributed by atoms with Crippen LogP contribution in [0, 0.1) is 6.92 Å². The second-order valence-corrected chi connectivity index (χ2v) is 6.86. The van der Waals surface area contributed by atoms with Gasteiger partial charge in [0.2, 0.25) is 0 Å². The molecule has 0 bridgehead atoms. The summed E-state index contributed by atoms with van der Waals surface area (Å²) in [6.07, 6.45) is 1.53. The van der Waals surface area contributed by atoms with Gasteiger partial charge in [-0.2, -0.15) is 0 Å². The van der Waals surface area contributed by atoms with Crippen LogP contribution in [0.4, 0.5) is 5.82 Å². The number of aromatic nitrogens is 2. The fourth-order valence-electron chi connectivity index (χ4n) is 2.81. The van der Waals surface area contributed by atoms with Gasteiger partial charge < -0.3 is 14.4 Å². The number of benzene rings is 1. The topological polar surface area (TPSA) is 64.5 Å². The molecule has 26 heavy (non-hydrogen) atoms. The van der Waals surface area contributed by atoms with E-state index in [1.807, 2.05) is 38.2 Å². The second kappa shape index (κ2) is 7.70. The molecule has 3 aromatic rings. The summed E-state index contributed by atoms with van der Waals surface area (Å²) >= 11 is 1.35. The number of nitrogens with zero attached hydrogens (tertiary/aromatic N) is 3. The summed E-state index contributed by atoms with van der Waals surface area (Å²) in [4.78, 5) is 24.4. The third-order valence-electron chi connectivity index (χ3n) is 4.11. The van der Waals surface area contributed by atoms with Crippen LogP contribution in [0.15, 0.2) is 30.6 Å². The monoisotopic (exact) mass is 371 g/mol. The fraction of sp³-hybridized carbons (Fsp3) is 0.316. The van der Waals surface area contributed by atoms with Crippen molar-refractivity contribution in [2.24, 2.45) is 0 Å². The average molecular weight is 371 g/mol. The van der Waals surface area contributed by atoms with E-state index in [1.165, 1.54) is 17.7 Å². The summed E-state index contributed by atoms with van der Waals surface area (Å²) in [5, 5.41) is 0.900. The van der Waals surface area contributed by atoms with Crippen LogP contribution in [-0.4, -0.2) is 36.7 Å². The van der Waals surface area contributed by atoms with E-state index < -0.39 is 0 Å². The highest BCUT2D eigenvalue weighted by Crippen LogP contribution is 2.35. The van der Waals surface area contributed by atoms with E-state index >= 15 is 0 Å². The molecular formula is C19H21N3O3S. The van der Waals surface area contributed by atoms with Crippen molar-refractivity contribution in [3.8, 4) is 5.75 Å². The Balaban J connectivity index is 1.94. The van der Waals surface area contributed by atoms with Crippen molar-refractivity contribution in [3.63, 3.8) is 0 Å². The smallest absolute Gasteiger partial charge is 0.348 e. The lowest BCUT2D eigenvalue weighted by atomic mass is 10.1. The molecule has 136 valence electrons. The molecule has 0 radical (unpaired) electrons. The van der Waals surface area contributed by atoms with Crippen molar-refractivity contribution in [1.29, 1.82) is 0 Å². The van der Waals surface area contributed by atoms with Crippen LogP contribution in [0.2, 0.25) is 0 Å². The molecule has 0 saturated carbocycles. The number of fused-ring (bicyclic) bond motifs is 1. The highest BCUT2D eigenvalue weighted by molar-refractivity contribution is 7.20. The molecule has 0 spiro atoms. The summed E-state index contributed by atoms with van der Waals surface area (Å²) in [6, 6.07) is 7.93. The van der Waals surface area contributed by atoms with Crippen LogP contribution < -0.4 is 9.64 Å². The third kappa shape index (κ3) is 3.48. The fourth-order valence-corrected chi connectivity index (χ4v) is 3.85. The van der Waals surface area contributed by atoms with Crippen molar-refractivity contribution < 1.29 is 14.3 Å². The van der Waals surface area contributed by atoms with E-state index in [4.69, 9.17) is 9.47 Å². The van der Waals surface area contributed by atoms with Crippen molar-refractivity contribution in [1.82, 2.24) is 9.97 Å². The third-order valence-corrected chi connectivity index (χ3v) is 5.29. The van der Waals surface area contributed by atoms with E-state index in [2.05, 4.69) is 14.9 Å². The Morgan fingerprint density at radius 3 is 2.62 bits per heavy atom. The van der Waals surface area contributed by atoms with Crippen molar-refractivity contribution in [3.05, 3.63) is 46.6 Å². The Morgan fingerprint density at radius 2 is 1.96 bits per heavy atom. The number of carbonyl (C=O) groups excluding carboxylic acids is 1. The first kappa shape index (κ1) is 18.1. The van der Waals surface area contributed by atoms with Gasteiger partial charge in [-0.15, -0.1) is 11.3 Å². The minimum atomic E-state index is -0.309. The molecule has 0 fully saturated rings. The lowest BCUT2D eigenvalue weighted by molar-refractivity contribution is 0.0531. The molecular weight excluding hydrogens is 350 g/mol. The lowest BCUT2D eigenvalue weighted by Crippen LogP contribution is -2.18. The van der Waals surface area contributed by atoms with Crippen LogP contribution in [-0.2, 0) is 11.3 Å². The van der Waals surface area contributed by atoms with E-state index in [0.29, 0.717) is 18.0 Å². The number of hydrogen-bond donors (Lipinski definition) is 0.